The average molecular weight is 476 g/mol. The molecule has 0 saturated carbocycles. The summed E-state index contributed by atoms with van der Waals surface area (Å²) in [6, 6.07) is 10.8. The van der Waals surface area contributed by atoms with Crippen LogP contribution in [0.1, 0.15) is 48.2 Å². The summed E-state index contributed by atoms with van der Waals surface area (Å²) >= 11 is 3.32. The van der Waals surface area contributed by atoms with Gasteiger partial charge >= 0.3 is 0 Å². The lowest BCUT2D eigenvalue weighted by Crippen LogP contribution is -2.42. The second-order valence-electron chi connectivity index (χ2n) is 7.18. The first kappa shape index (κ1) is 23.4. The van der Waals surface area contributed by atoms with Crippen LogP contribution in [0.4, 0.5) is 5.69 Å². The van der Waals surface area contributed by atoms with Crippen LogP contribution in [0.15, 0.2) is 40.9 Å². The molecule has 0 heterocycles. The molecule has 3 amide bonds. The molecule has 0 aromatic heterocycles. The molecular weight excluding hydrogens is 450 g/mol. The van der Waals surface area contributed by atoms with Crippen LogP contribution >= 0.6 is 15.9 Å². The van der Waals surface area contributed by atoms with Crippen molar-refractivity contribution in [2.75, 3.05) is 5.32 Å². The van der Waals surface area contributed by atoms with Crippen molar-refractivity contribution in [1.29, 1.82) is 0 Å². The van der Waals surface area contributed by atoms with Gasteiger partial charge in [-0.1, -0.05) is 33.6 Å². The maximum atomic E-state index is 12.4. The van der Waals surface area contributed by atoms with Crippen LogP contribution in [0, 0.1) is 13.8 Å². The first-order chi connectivity index (χ1) is 14.2. The standard InChI is InChI=1S/C22H26BrN3O4/c1-13(2)30-19-8-6-16(23)12-17(19)22(29)26-25-21(28)10-9-20(27)24-18-7-5-14(3)11-15(18)4/h5-8,11-13H,9-10H2,1-4H3,(H,24,27)(H,25,28)(H,26,29). The smallest absolute Gasteiger partial charge is 0.273 e. The van der Waals surface area contributed by atoms with Gasteiger partial charge in [-0.2, -0.15) is 0 Å². The lowest BCUT2D eigenvalue weighted by Gasteiger charge is -2.15. The third kappa shape index (κ3) is 7.18. The molecule has 7 nitrogen and oxygen atoms in total. The quantitative estimate of drug-likeness (QED) is 0.526. The van der Waals surface area contributed by atoms with Gasteiger partial charge in [-0.3, -0.25) is 25.2 Å². The Kier molecular flexibility index (Phi) is 8.41. The van der Waals surface area contributed by atoms with Crippen LogP contribution in [0.2, 0.25) is 0 Å². The molecule has 0 aliphatic carbocycles. The van der Waals surface area contributed by atoms with Gasteiger partial charge in [0.1, 0.15) is 5.75 Å². The van der Waals surface area contributed by atoms with Crippen molar-refractivity contribution >= 4 is 39.3 Å². The molecule has 0 unspecified atom stereocenters. The number of benzene rings is 2. The van der Waals surface area contributed by atoms with E-state index in [-0.39, 0.29) is 30.4 Å². The zero-order chi connectivity index (χ0) is 22.3. The highest BCUT2D eigenvalue weighted by atomic mass is 79.9. The average Bonchev–Trinajstić information content (AvgIpc) is 2.67. The van der Waals surface area contributed by atoms with Crippen LogP contribution in [0.3, 0.4) is 0 Å². The molecule has 0 saturated heterocycles. The van der Waals surface area contributed by atoms with E-state index in [2.05, 4.69) is 32.1 Å². The minimum Gasteiger partial charge on any atom is -0.490 e. The molecule has 2 aromatic carbocycles. The predicted octanol–water partition coefficient (Wildman–Crippen LogP) is 4.03. The molecular formula is C22H26BrN3O4. The van der Waals surface area contributed by atoms with Crippen molar-refractivity contribution in [1.82, 2.24) is 10.9 Å². The third-order valence-electron chi connectivity index (χ3n) is 4.10. The lowest BCUT2D eigenvalue weighted by atomic mass is 10.1. The molecule has 0 fully saturated rings. The fourth-order valence-electron chi connectivity index (χ4n) is 2.69. The number of hydrogen-bond donors (Lipinski definition) is 3. The summed E-state index contributed by atoms with van der Waals surface area (Å²) in [5.41, 5.74) is 7.74. The normalized spacial score (nSPS) is 10.5. The number of aryl methyl sites for hydroxylation is 2. The lowest BCUT2D eigenvalue weighted by molar-refractivity contribution is -0.124. The molecule has 0 aliphatic heterocycles. The minimum atomic E-state index is -0.514. The maximum Gasteiger partial charge on any atom is 0.273 e. The van der Waals surface area contributed by atoms with Gasteiger partial charge < -0.3 is 10.1 Å². The van der Waals surface area contributed by atoms with Crippen molar-refractivity contribution < 1.29 is 19.1 Å². The molecule has 0 spiro atoms. The molecule has 0 radical (unpaired) electrons. The molecule has 2 rings (SSSR count). The van der Waals surface area contributed by atoms with Crippen molar-refractivity contribution in [2.45, 2.75) is 46.6 Å². The summed E-state index contributed by atoms with van der Waals surface area (Å²) in [5.74, 6) is -0.851. The highest BCUT2D eigenvalue weighted by Crippen LogP contribution is 2.24. The van der Waals surface area contributed by atoms with Gasteiger partial charge in [0.25, 0.3) is 5.91 Å². The Morgan fingerprint density at radius 2 is 1.67 bits per heavy atom. The summed E-state index contributed by atoms with van der Waals surface area (Å²) in [6.45, 7) is 7.59. The number of halogens is 1. The molecule has 0 atom stereocenters. The van der Waals surface area contributed by atoms with E-state index in [1.54, 1.807) is 18.2 Å². The Labute approximate surface area is 184 Å². The summed E-state index contributed by atoms with van der Waals surface area (Å²) in [7, 11) is 0. The van der Waals surface area contributed by atoms with E-state index in [1.165, 1.54) is 0 Å². The second kappa shape index (κ2) is 10.8. The molecule has 8 heteroatoms. The summed E-state index contributed by atoms with van der Waals surface area (Å²) in [4.78, 5) is 36.6. The molecule has 0 aliphatic rings. The Morgan fingerprint density at radius 3 is 2.33 bits per heavy atom. The molecule has 2 aromatic rings. The van der Waals surface area contributed by atoms with E-state index in [9.17, 15) is 14.4 Å². The van der Waals surface area contributed by atoms with Gasteiger partial charge in [0, 0.05) is 23.0 Å². The predicted molar refractivity (Wildman–Crippen MR) is 119 cm³/mol. The number of hydrazine groups is 1. The van der Waals surface area contributed by atoms with Crippen LogP contribution in [0.5, 0.6) is 5.75 Å². The van der Waals surface area contributed by atoms with Crippen molar-refractivity contribution in [3.63, 3.8) is 0 Å². The molecule has 30 heavy (non-hydrogen) atoms. The Bertz CT molecular complexity index is 944. The van der Waals surface area contributed by atoms with Crippen LogP contribution in [-0.2, 0) is 9.59 Å². The maximum absolute atomic E-state index is 12.4. The number of ether oxygens (including phenoxy) is 1. The van der Waals surface area contributed by atoms with Gasteiger partial charge in [-0.15, -0.1) is 0 Å². The molecule has 0 bridgehead atoms. The van der Waals surface area contributed by atoms with Gasteiger partial charge in [-0.25, -0.2) is 0 Å². The van der Waals surface area contributed by atoms with Crippen molar-refractivity contribution in [3.05, 3.63) is 57.6 Å². The number of carbonyl (C=O) groups is 3. The van der Waals surface area contributed by atoms with E-state index in [4.69, 9.17) is 4.74 Å². The number of carbonyl (C=O) groups excluding carboxylic acids is 3. The molecule has 160 valence electrons. The fourth-order valence-corrected chi connectivity index (χ4v) is 3.05. The van der Waals surface area contributed by atoms with E-state index in [1.807, 2.05) is 45.9 Å². The Hall–Kier alpha value is -2.87. The third-order valence-corrected chi connectivity index (χ3v) is 4.59. The Morgan fingerprint density at radius 1 is 0.967 bits per heavy atom. The van der Waals surface area contributed by atoms with E-state index >= 15 is 0 Å². The topological polar surface area (TPSA) is 96.5 Å². The Balaban J connectivity index is 1.85. The number of amides is 3. The van der Waals surface area contributed by atoms with Crippen LogP contribution < -0.4 is 20.9 Å². The zero-order valence-corrected chi connectivity index (χ0v) is 19.1. The van der Waals surface area contributed by atoms with E-state index in [0.717, 1.165) is 11.1 Å². The van der Waals surface area contributed by atoms with Gasteiger partial charge in [0.2, 0.25) is 11.8 Å². The second-order valence-corrected chi connectivity index (χ2v) is 8.09. The zero-order valence-electron chi connectivity index (χ0n) is 17.5. The number of nitrogens with one attached hydrogen (secondary N) is 3. The number of anilines is 1. The van der Waals surface area contributed by atoms with Crippen molar-refractivity contribution in [2.24, 2.45) is 0 Å². The highest BCUT2D eigenvalue weighted by molar-refractivity contribution is 9.10. The first-order valence-corrected chi connectivity index (χ1v) is 10.4. The summed E-state index contributed by atoms with van der Waals surface area (Å²) < 4.78 is 6.34. The van der Waals surface area contributed by atoms with Crippen molar-refractivity contribution in [3.8, 4) is 5.75 Å². The minimum absolute atomic E-state index is 0.00633. The van der Waals surface area contributed by atoms with Gasteiger partial charge in [0.15, 0.2) is 0 Å². The first-order valence-electron chi connectivity index (χ1n) is 9.58. The van der Waals surface area contributed by atoms with E-state index < -0.39 is 11.8 Å². The van der Waals surface area contributed by atoms with E-state index in [0.29, 0.717) is 15.9 Å². The fraction of sp³-hybridized carbons (Fsp3) is 0.318. The SMILES string of the molecule is Cc1ccc(NC(=O)CCC(=O)NNC(=O)c2cc(Br)ccc2OC(C)C)c(C)c1. The summed E-state index contributed by atoms with van der Waals surface area (Å²) in [5, 5.41) is 2.79. The van der Waals surface area contributed by atoms with Gasteiger partial charge in [-0.05, 0) is 57.5 Å². The number of hydrogen-bond acceptors (Lipinski definition) is 4. The van der Waals surface area contributed by atoms with Crippen LogP contribution in [0.25, 0.3) is 0 Å². The van der Waals surface area contributed by atoms with Crippen LogP contribution in [-0.4, -0.2) is 23.8 Å². The number of rotatable bonds is 7. The monoisotopic (exact) mass is 475 g/mol. The van der Waals surface area contributed by atoms with Gasteiger partial charge in [0.05, 0.1) is 11.7 Å². The molecule has 3 N–H and O–H groups in total. The largest absolute Gasteiger partial charge is 0.490 e. The highest BCUT2D eigenvalue weighted by Gasteiger charge is 2.16. The summed E-state index contributed by atoms with van der Waals surface area (Å²) in [6.07, 6.45) is -0.179.